The predicted molar refractivity (Wildman–Crippen MR) is 173 cm³/mol. The summed E-state index contributed by atoms with van der Waals surface area (Å²) in [7, 11) is 0. The molecule has 2 aliphatic heterocycles. The maximum absolute atomic E-state index is 14.4. The Morgan fingerprint density at radius 3 is 2.47 bits per heavy atom. The van der Waals surface area contributed by atoms with Crippen LogP contribution in [0.5, 0.6) is 0 Å². The lowest BCUT2D eigenvalue weighted by molar-refractivity contribution is -0.128. The third-order valence-corrected chi connectivity index (χ3v) is 9.70. The Morgan fingerprint density at radius 2 is 1.72 bits per heavy atom. The zero-order valence-corrected chi connectivity index (χ0v) is 26.0. The van der Waals surface area contributed by atoms with Gasteiger partial charge in [-0.15, -0.1) is 0 Å². The zero-order valence-electron chi connectivity index (χ0n) is 24.5. The Balaban J connectivity index is 1.27. The number of nitrogens with zero attached hydrogens (tertiary/aromatic N) is 3. The molecule has 6 rings (SSSR count). The van der Waals surface area contributed by atoms with E-state index in [1.54, 1.807) is 6.07 Å². The van der Waals surface area contributed by atoms with Crippen molar-refractivity contribution in [2.45, 2.75) is 63.9 Å². The van der Waals surface area contributed by atoms with Crippen molar-refractivity contribution >= 4 is 34.7 Å². The van der Waals surface area contributed by atoms with Gasteiger partial charge in [-0.25, -0.2) is 0 Å². The van der Waals surface area contributed by atoms with Crippen molar-refractivity contribution in [2.75, 3.05) is 19.6 Å². The molecule has 2 atom stereocenters. The van der Waals surface area contributed by atoms with E-state index in [0.717, 1.165) is 85.4 Å². The molecule has 6 nitrogen and oxygen atoms in total. The quantitative estimate of drug-likeness (QED) is 0.286. The van der Waals surface area contributed by atoms with Crippen molar-refractivity contribution in [1.29, 1.82) is 5.26 Å². The molecule has 2 N–H and O–H groups in total. The second kappa shape index (κ2) is 13.2. The van der Waals surface area contributed by atoms with Crippen molar-refractivity contribution in [3.05, 3.63) is 110 Å². The van der Waals surface area contributed by atoms with Gasteiger partial charge < -0.3 is 15.5 Å². The minimum Gasteiger partial charge on any atom is -0.331 e. The largest absolute Gasteiger partial charge is 0.331 e. The molecule has 3 aromatic carbocycles. The molecule has 3 aliphatic rings. The second-order valence-corrected chi connectivity index (χ2v) is 12.6. The van der Waals surface area contributed by atoms with E-state index in [-0.39, 0.29) is 24.0 Å². The lowest BCUT2D eigenvalue weighted by atomic mass is 9.83. The van der Waals surface area contributed by atoms with Crippen LogP contribution >= 0.6 is 23.2 Å². The molecule has 0 unspecified atom stereocenters. The summed E-state index contributed by atoms with van der Waals surface area (Å²) in [5, 5.41) is 17.8. The van der Waals surface area contributed by atoms with Crippen LogP contribution < -0.4 is 10.6 Å². The zero-order chi connectivity index (χ0) is 29.9. The number of benzene rings is 3. The first-order valence-corrected chi connectivity index (χ1v) is 15.9. The van der Waals surface area contributed by atoms with Crippen LogP contribution in [0.2, 0.25) is 10.0 Å². The molecule has 0 radical (unpaired) electrons. The molecule has 2 fully saturated rings. The molecule has 2 bridgehead atoms. The van der Waals surface area contributed by atoms with E-state index in [1.165, 1.54) is 5.56 Å². The van der Waals surface area contributed by atoms with Crippen molar-refractivity contribution < 1.29 is 4.79 Å². The highest BCUT2D eigenvalue weighted by atomic mass is 35.5. The second-order valence-electron chi connectivity index (χ2n) is 11.8. The van der Waals surface area contributed by atoms with Gasteiger partial charge in [0.1, 0.15) is 0 Å². The molecular weight excluding hydrogens is 577 g/mol. The Morgan fingerprint density at radius 1 is 0.953 bits per heavy atom. The number of rotatable bonds is 10. The van der Waals surface area contributed by atoms with Crippen LogP contribution in [0.1, 0.15) is 54.0 Å². The molecule has 8 heteroatoms. The molecule has 1 aliphatic carbocycles. The highest BCUT2D eigenvalue weighted by molar-refractivity contribution is 6.42. The average Bonchev–Trinajstić information content (AvgIpc) is 3.87. The monoisotopic (exact) mass is 613 g/mol. The summed E-state index contributed by atoms with van der Waals surface area (Å²) in [6.45, 7) is 6.60. The van der Waals surface area contributed by atoms with Gasteiger partial charge in [-0.2, -0.15) is 5.26 Å². The van der Waals surface area contributed by atoms with Gasteiger partial charge in [0.25, 0.3) is 5.91 Å². The smallest absolute Gasteiger partial charge is 0.252 e. The fourth-order valence-electron chi connectivity index (χ4n) is 6.36. The predicted octanol–water partition coefficient (Wildman–Crippen LogP) is 6.17. The Bertz CT molecular complexity index is 1560. The topological polar surface area (TPSA) is 71.4 Å². The van der Waals surface area contributed by atoms with Crippen LogP contribution in [-0.2, 0) is 24.4 Å². The van der Waals surface area contributed by atoms with E-state index in [9.17, 15) is 10.1 Å². The third kappa shape index (κ3) is 6.67. The van der Waals surface area contributed by atoms with Gasteiger partial charge in [-0.1, -0.05) is 84.7 Å². The molecule has 1 amide bonds. The van der Waals surface area contributed by atoms with E-state index in [2.05, 4.69) is 52.8 Å². The number of piperazine rings is 1. The molecule has 43 heavy (non-hydrogen) atoms. The third-order valence-electron chi connectivity index (χ3n) is 8.84. The maximum Gasteiger partial charge on any atom is 0.252 e. The first kappa shape index (κ1) is 29.9. The number of halogens is 2. The molecule has 3 aromatic rings. The molecule has 1 saturated carbocycles. The normalized spacial score (nSPS) is 19.8. The van der Waals surface area contributed by atoms with E-state index in [4.69, 9.17) is 23.2 Å². The molecular formula is C35H37Cl2N5O. The van der Waals surface area contributed by atoms with Gasteiger partial charge in [-0.3, -0.25) is 9.69 Å². The van der Waals surface area contributed by atoms with E-state index < -0.39 is 0 Å². The summed E-state index contributed by atoms with van der Waals surface area (Å²) in [5.41, 5.74) is 6.98. The molecule has 222 valence electrons. The van der Waals surface area contributed by atoms with Gasteiger partial charge in [0.2, 0.25) is 0 Å². The molecule has 0 spiro atoms. The fourth-order valence-corrected chi connectivity index (χ4v) is 6.74. The van der Waals surface area contributed by atoms with Crippen LogP contribution in [0, 0.1) is 11.3 Å². The molecule has 0 aromatic heterocycles. The van der Waals surface area contributed by atoms with E-state index >= 15 is 0 Å². The van der Waals surface area contributed by atoms with E-state index in [1.807, 2.05) is 41.3 Å². The van der Waals surface area contributed by atoms with Crippen LogP contribution in [0.15, 0.2) is 72.3 Å². The van der Waals surface area contributed by atoms with Crippen molar-refractivity contribution in [3.8, 4) is 6.07 Å². The number of nitrogens with one attached hydrogen (secondary N) is 2. The van der Waals surface area contributed by atoms with Gasteiger partial charge in [0.15, 0.2) is 0 Å². The fraction of sp³-hybridized carbons (Fsp3) is 0.371. The maximum atomic E-state index is 14.4. The highest BCUT2D eigenvalue weighted by Crippen LogP contribution is 2.37. The van der Waals surface area contributed by atoms with Gasteiger partial charge in [-0.05, 0) is 65.8 Å². The summed E-state index contributed by atoms with van der Waals surface area (Å²) in [6, 6.07) is 25.0. The minimum atomic E-state index is -0.0402. The van der Waals surface area contributed by atoms with Gasteiger partial charge in [0.05, 0.1) is 27.7 Å². The Hall–Kier alpha value is -3.18. The molecule has 2 heterocycles. The minimum absolute atomic E-state index is 0.0402. The van der Waals surface area contributed by atoms with Crippen LogP contribution in [0.3, 0.4) is 0 Å². The van der Waals surface area contributed by atoms with Crippen LogP contribution in [-0.4, -0.2) is 53.5 Å². The number of carbonyl (C=O) groups is 1. The number of nitriles is 1. The summed E-state index contributed by atoms with van der Waals surface area (Å²) in [6.07, 6.45) is 2.81. The summed E-state index contributed by atoms with van der Waals surface area (Å²) in [4.78, 5) is 18.8. The first-order valence-electron chi connectivity index (χ1n) is 15.2. The number of hydrogen-bond donors (Lipinski definition) is 2. The van der Waals surface area contributed by atoms with Gasteiger partial charge in [0, 0.05) is 50.4 Å². The lowest BCUT2D eigenvalue weighted by Crippen LogP contribution is -2.60. The van der Waals surface area contributed by atoms with Gasteiger partial charge >= 0.3 is 0 Å². The Kier molecular flexibility index (Phi) is 9.18. The summed E-state index contributed by atoms with van der Waals surface area (Å²) < 4.78 is 0. The van der Waals surface area contributed by atoms with Crippen molar-refractivity contribution in [3.63, 3.8) is 0 Å². The van der Waals surface area contributed by atoms with Crippen LogP contribution in [0.4, 0.5) is 0 Å². The lowest BCUT2D eigenvalue weighted by Gasteiger charge is -2.41. The Labute approximate surface area is 264 Å². The SMILES string of the molecule is CCN(Cc1ccc(C2=C(C(=O)N(Cc3cccc(Cl)c3Cl)C3CC3)[C@H]3CNC[C@H](C2)N3)cc1)Cc1ccccc1C#N. The van der Waals surface area contributed by atoms with Crippen LogP contribution in [0.25, 0.3) is 5.57 Å². The number of hydrogen-bond acceptors (Lipinski definition) is 5. The standard InChI is InChI=1S/C35H37Cl2N5O/c1-2-41(21-26-7-4-3-6-25(26)17-38)20-23-10-12-24(13-11-23)30-16-28-18-39-19-32(40-28)33(30)35(43)42(29-14-15-29)22-27-8-5-9-31(36)34(27)37/h3-13,28-29,32,39-40H,2,14-16,18-22H2,1H3/t28-,32+/m0/s1. The number of amides is 1. The van der Waals surface area contributed by atoms with Crippen molar-refractivity contribution in [2.24, 2.45) is 0 Å². The number of fused-ring (bicyclic) bond motifs is 2. The number of carbonyl (C=O) groups excluding carboxylic acids is 1. The highest BCUT2D eigenvalue weighted by Gasteiger charge is 2.41. The van der Waals surface area contributed by atoms with Crippen molar-refractivity contribution in [1.82, 2.24) is 20.4 Å². The molecule has 1 saturated heterocycles. The summed E-state index contributed by atoms with van der Waals surface area (Å²) >= 11 is 12.9. The van der Waals surface area contributed by atoms with E-state index in [0.29, 0.717) is 16.6 Å². The summed E-state index contributed by atoms with van der Waals surface area (Å²) in [5.74, 6) is 0.0885. The average molecular weight is 615 g/mol. The first-order chi connectivity index (χ1) is 20.9.